The number of fused-ring (bicyclic) bond motifs is 3. The molecule has 4 rings (SSSR count). The van der Waals surface area contributed by atoms with Gasteiger partial charge in [0.05, 0.1) is 19.3 Å². The molecular weight excluding hydrogens is 420 g/mol. The van der Waals surface area contributed by atoms with Gasteiger partial charge < -0.3 is 9.47 Å². The number of halogens is 4. The minimum Gasteiger partial charge on any atom is -0.491 e. The van der Waals surface area contributed by atoms with Crippen LogP contribution in [0.25, 0.3) is 11.1 Å². The molecule has 0 N–H and O–H groups in total. The predicted octanol–water partition coefficient (Wildman–Crippen LogP) is 7.94. The first-order valence-corrected chi connectivity index (χ1v) is 11.6. The summed E-state index contributed by atoms with van der Waals surface area (Å²) in [5, 5.41) is 0. The van der Waals surface area contributed by atoms with Crippen LogP contribution in [0.15, 0.2) is 24.3 Å². The Morgan fingerprint density at radius 1 is 0.844 bits per heavy atom. The van der Waals surface area contributed by atoms with Crippen molar-refractivity contribution in [2.45, 2.75) is 77.4 Å². The molecule has 2 nitrogen and oxygen atoms in total. The van der Waals surface area contributed by atoms with Gasteiger partial charge in [0.1, 0.15) is 5.82 Å². The van der Waals surface area contributed by atoms with E-state index in [4.69, 9.17) is 9.47 Å². The van der Waals surface area contributed by atoms with Gasteiger partial charge in [-0.2, -0.15) is 0 Å². The van der Waals surface area contributed by atoms with Crippen LogP contribution in [0.2, 0.25) is 0 Å². The van der Waals surface area contributed by atoms with Crippen LogP contribution in [0.1, 0.15) is 81.4 Å². The van der Waals surface area contributed by atoms with Gasteiger partial charge in [0.15, 0.2) is 23.9 Å². The summed E-state index contributed by atoms with van der Waals surface area (Å²) >= 11 is 0. The molecule has 0 bridgehead atoms. The number of hydrogen-bond acceptors (Lipinski definition) is 2. The predicted molar refractivity (Wildman–Crippen MR) is 116 cm³/mol. The van der Waals surface area contributed by atoms with Crippen LogP contribution >= 0.6 is 0 Å². The molecule has 2 unspecified atom stereocenters. The van der Waals surface area contributed by atoms with Gasteiger partial charge in [-0.15, -0.1) is 0 Å². The zero-order chi connectivity index (χ0) is 22.8. The zero-order valence-electron chi connectivity index (χ0n) is 18.6. The Balaban J connectivity index is 1.56. The summed E-state index contributed by atoms with van der Waals surface area (Å²) < 4.78 is 71.2. The highest BCUT2D eigenvalue weighted by atomic mass is 19.2. The lowest BCUT2D eigenvalue weighted by molar-refractivity contribution is 0.00499. The molecule has 0 saturated heterocycles. The fourth-order valence-corrected chi connectivity index (χ4v) is 5.09. The first kappa shape index (κ1) is 23.1. The Morgan fingerprint density at radius 2 is 1.47 bits per heavy atom. The van der Waals surface area contributed by atoms with Gasteiger partial charge >= 0.3 is 0 Å². The van der Waals surface area contributed by atoms with Crippen molar-refractivity contribution < 1.29 is 27.0 Å². The molecule has 2 aliphatic rings. The van der Waals surface area contributed by atoms with Crippen molar-refractivity contribution in [1.29, 1.82) is 0 Å². The third-order valence-electron chi connectivity index (χ3n) is 6.77. The van der Waals surface area contributed by atoms with Gasteiger partial charge in [0, 0.05) is 16.7 Å². The SMILES string of the molecule is CCCC1CCC(OCc2ccc3c(c2F)C(F)C(F)c2c-3ccc(OCC)c2F)CC1. The molecule has 0 heterocycles. The second kappa shape index (κ2) is 9.82. The summed E-state index contributed by atoms with van der Waals surface area (Å²) in [5.74, 6) is -1.14. The lowest BCUT2D eigenvalue weighted by Gasteiger charge is -2.30. The van der Waals surface area contributed by atoms with Crippen LogP contribution in [0.3, 0.4) is 0 Å². The Labute approximate surface area is 186 Å². The van der Waals surface area contributed by atoms with Crippen molar-refractivity contribution in [2.75, 3.05) is 6.61 Å². The van der Waals surface area contributed by atoms with Gasteiger partial charge in [-0.25, -0.2) is 17.6 Å². The molecule has 2 aromatic rings. The minimum atomic E-state index is -2.31. The monoisotopic (exact) mass is 450 g/mol. The highest BCUT2D eigenvalue weighted by molar-refractivity contribution is 5.76. The average molecular weight is 451 g/mol. The smallest absolute Gasteiger partial charge is 0.171 e. The van der Waals surface area contributed by atoms with Crippen LogP contribution in [0, 0.1) is 17.6 Å². The molecule has 2 aromatic carbocycles. The number of benzene rings is 2. The molecule has 0 aromatic heterocycles. The Morgan fingerprint density at radius 3 is 2.09 bits per heavy atom. The molecule has 0 radical (unpaired) electrons. The average Bonchev–Trinajstić information content (AvgIpc) is 2.79. The van der Waals surface area contributed by atoms with Crippen LogP contribution in [-0.4, -0.2) is 12.7 Å². The summed E-state index contributed by atoms with van der Waals surface area (Å²) in [4.78, 5) is 0. The highest BCUT2D eigenvalue weighted by Crippen LogP contribution is 2.51. The number of ether oxygens (including phenoxy) is 2. The van der Waals surface area contributed by atoms with E-state index in [0.717, 1.165) is 31.6 Å². The van der Waals surface area contributed by atoms with Crippen LogP contribution in [0.5, 0.6) is 5.75 Å². The molecule has 174 valence electrons. The van der Waals surface area contributed by atoms with Crippen molar-refractivity contribution >= 4 is 0 Å². The maximum Gasteiger partial charge on any atom is 0.171 e. The topological polar surface area (TPSA) is 18.5 Å². The molecule has 2 aliphatic carbocycles. The zero-order valence-corrected chi connectivity index (χ0v) is 18.6. The van der Waals surface area contributed by atoms with E-state index in [1.54, 1.807) is 6.92 Å². The van der Waals surface area contributed by atoms with E-state index >= 15 is 8.78 Å². The normalized spacial score (nSPS) is 24.7. The summed E-state index contributed by atoms with van der Waals surface area (Å²) in [6, 6.07) is 5.90. The van der Waals surface area contributed by atoms with E-state index < -0.39 is 29.5 Å². The van der Waals surface area contributed by atoms with Crippen molar-refractivity contribution in [3.63, 3.8) is 0 Å². The number of alkyl halides is 2. The summed E-state index contributed by atoms with van der Waals surface area (Å²) in [6.45, 7) is 4.07. The molecule has 2 atom stereocenters. The third kappa shape index (κ3) is 4.26. The minimum absolute atomic E-state index is 0.0103. The first-order chi connectivity index (χ1) is 15.5. The largest absolute Gasteiger partial charge is 0.491 e. The lowest BCUT2D eigenvalue weighted by atomic mass is 9.81. The van der Waals surface area contributed by atoms with E-state index in [9.17, 15) is 8.78 Å². The van der Waals surface area contributed by atoms with Crippen LogP contribution in [-0.2, 0) is 11.3 Å². The standard InChI is InChI=1S/C26H30F4O2/c1-3-5-15-6-9-17(10-7-15)32-14-16-8-11-18-19-12-13-20(31-4-2)24(28)22(19)26(30)25(29)21(18)23(16)27/h8,11-13,15,17,25-26H,3-7,9-10,14H2,1-2H3. The second-order valence-electron chi connectivity index (χ2n) is 8.82. The molecule has 6 heteroatoms. The van der Waals surface area contributed by atoms with Gasteiger partial charge in [0.2, 0.25) is 0 Å². The van der Waals surface area contributed by atoms with Crippen molar-refractivity contribution in [3.8, 4) is 16.9 Å². The van der Waals surface area contributed by atoms with Crippen molar-refractivity contribution in [2.24, 2.45) is 5.92 Å². The molecule has 0 spiro atoms. The van der Waals surface area contributed by atoms with E-state index in [0.29, 0.717) is 0 Å². The quantitative estimate of drug-likeness (QED) is 0.399. The van der Waals surface area contributed by atoms with Gasteiger partial charge in [-0.1, -0.05) is 38.0 Å². The fourth-order valence-electron chi connectivity index (χ4n) is 5.09. The van der Waals surface area contributed by atoms with Gasteiger partial charge in [0.25, 0.3) is 0 Å². The highest BCUT2D eigenvalue weighted by Gasteiger charge is 2.40. The fraction of sp³-hybridized carbons (Fsp3) is 0.538. The van der Waals surface area contributed by atoms with E-state index in [-0.39, 0.29) is 47.3 Å². The van der Waals surface area contributed by atoms with E-state index in [1.165, 1.54) is 37.1 Å². The summed E-state index contributed by atoms with van der Waals surface area (Å²) in [7, 11) is 0. The van der Waals surface area contributed by atoms with Crippen LogP contribution in [0.4, 0.5) is 17.6 Å². The maximum absolute atomic E-state index is 15.3. The molecule has 0 amide bonds. The summed E-state index contributed by atoms with van der Waals surface area (Å²) in [6.07, 6.45) is 1.93. The molecule has 1 fully saturated rings. The molecular formula is C26H30F4O2. The Kier molecular flexibility index (Phi) is 7.08. The van der Waals surface area contributed by atoms with E-state index in [2.05, 4.69) is 6.92 Å². The maximum atomic E-state index is 15.3. The van der Waals surface area contributed by atoms with E-state index in [1.807, 2.05) is 0 Å². The van der Waals surface area contributed by atoms with Gasteiger partial charge in [-0.05, 0) is 55.7 Å². The molecule has 1 saturated carbocycles. The molecule has 32 heavy (non-hydrogen) atoms. The van der Waals surface area contributed by atoms with Crippen LogP contribution < -0.4 is 4.74 Å². The lowest BCUT2D eigenvalue weighted by Crippen LogP contribution is -2.22. The Bertz CT molecular complexity index is 953. The first-order valence-electron chi connectivity index (χ1n) is 11.6. The summed E-state index contributed by atoms with van der Waals surface area (Å²) in [5.41, 5.74) is -0.249. The number of rotatable bonds is 7. The van der Waals surface area contributed by atoms with Crippen molar-refractivity contribution in [3.05, 3.63) is 52.6 Å². The number of hydrogen-bond donors (Lipinski definition) is 0. The van der Waals surface area contributed by atoms with Gasteiger partial charge in [-0.3, -0.25) is 0 Å². The molecule has 0 aliphatic heterocycles. The third-order valence-corrected chi connectivity index (χ3v) is 6.77. The second-order valence-corrected chi connectivity index (χ2v) is 8.82. The van der Waals surface area contributed by atoms with Crippen molar-refractivity contribution in [1.82, 2.24) is 0 Å². The Hall–Kier alpha value is -2.08.